The van der Waals surface area contributed by atoms with Crippen molar-refractivity contribution in [2.24, 2.45) is 5.73 Å². The molecule has 0 aromatic rings. The van der Waals surface area contributed by atoms with E-state index in [4.69, 9.17) is 5.73 Å². The van der Waals surface area contributed by atoms with Gasteiger partial charge < -0.3 is 16.0 Å². The van der Waals surface area contributed by atoms with Gasteiger partial charge in [-0.05, 0) is 18.4 Å². The van der Waals surface area contributed by atoms with Gasteiger partial charge in [0.05, 0.1) is 5.82 Å². The zero-order valence-corrected chi connectivity index (χ0v) is 4.82. The fraction of sp³-hybridized carbons (Fsp3) is 0. The van der Waals surface area contributed by atoms with Crippen molar-refractivity contribution in [3.05, 3.63) is 41.5 Å². The molecule has 0 aliphatic carbocycles. The lowest BCUT2D eigenvalue weighted by Gasteiger charge is -2.24. The van der Waals surface area contributed by atoms with E-state index in [1.807, 2.05) is 0 Å². The van der Waals surface area contributed by atoms with Gasteiger partial charge in [-0.1, -0.05) is 12.2 Å². The quantitative estimate of drug-likeness (QED) is 0.515. The number of hydroxylamine groups is 2. The maximum Gasteiger partial charge on any atom is 0.0918 e. The summed E-state index contributed by atoms with van der Waals surface area (Å²) in [5.74, 6) is 0.208. The first-order valence-corrected chi connectivity index (χ1v) is 2.58. The van der Waals surface area contributed by atoms with Crippen molar-refractivity contribution in [2.75, 3.05) is 0 Å². The Morgan fingerprint density at radius 2 is 2.11 bits per heavy atom. The van der Waals surface area contributed by atoms with Crippen LogP contribution in [0, 0.1) is 5.21 Å². The second kappa shape index (κ2) is 2.37. The van der Waals surface area contributed by atoms with Gasteiger partial charge in [0.15, 0.2) is 0 Å². The van der Waals surface area contributed by atoms with Crippen LogP contribution in [0.1, 0.15) is 0 Å². The average molecular weight is 123 g/mol. The van der Waals surface area contributed by atoms with Gasteiger partial charge in [0, 0.05) is 0 Å². The first-order valence-electron chi connectivity index (χ1n) is 2.58. The first kappa shape index (κ1) is 5.91. The van der Waals surface area contributed by atoms with Gasteiger partial charge in [-0.25, -0.2) is 0 Å². The Balaban J connectivity index is 2.80. The summed E-state index contributed by atoms with van der Waals surface area (Å²) in [6.07, 6.45) is 7.99. The van der Waals surface area contributed by atoms with E-state index in [0.717, 1.165) is 0 Å². The molecule has 0 aromatic heterocycles. The van der Waals surface area contributed by atoms with Crippen LogP contribution >= 0.6 is 0 Å². The topological polar surface area (TPSA) is 52.3 Å². The van der Waals surface area contributed by atoms with Crippen molar-refractivity contribution in [3.63, 3.8) is 0 Å². The summed E-state index contributed by atoms with van der Waals surface area (Å²) < 4.78 is 0. The minimum absolute atomic E-state index is 0.208. The third-order valence-corrected chi connectivity index (χ3v) is 0.965. The van der Waals surface area contributed by atoms with Crippen molar-refractivity contribution in [1.82, 2.24) is 5.06 Å². The number of rotatable bonds is 0. The van der Waals surface area contributed by atoms with Gasteiger partial charge in [0.1, 0.15) is 0 Å². The maximum absolute atomic E-state index is 10.6. The third-order valence-electron chi connectivity index (χ3n) is 0.965. The summed E-state index contributed by atoms with van der Waals surface area (Å²) >= 11 is 0. The van der Waals surface area contributed by atoms with Gasteiger partial charge in [-0.15, -0.1) is 0 Å². The molecule has 3 nitrogen and oxygen atoms in total. The predicted molar refractivity (Wildman–Crippen MR) is 35.8 cm³/mol. The molecule has 1 aliphatic rings. The number of hydrogen-bond acceptors (Lipinski definition) is 3. The first-order chi connectivity index (χ1) is 4.30. The van der Waals surface area contributed by atoms with Crippen LogP contribution in [0.4, 0.5) is 0 Å². The molecular weight excluding hydrogens is 116 g/mol. The molecule has 2 N–H and O–H groups in total. The van der Waals surface area contributed by atoms with Gasteiger partial charge in [0.25, 0.3) is 0 Å². The van der Waals surface area contributed by atoms with Crippen LogP contribution in [0.2, 0.25) is 0 Å². The minimum Gasteiger partial charge on any atom is -0.753 e. The van der Waals surface area contributed by atoms with Gasteiger partial charge in [-0.3, -0.25) is 0 Å². The highest BCUT2D eigenvalue weighted by Crippen LogP contribution is 1.99. The van der Waals surface area contributed by atoms with E-state index in [-0.39, 0.29) is 5.82 Å². The molecule has 0 saturated heterocycles. The lowest BCUT2D eigenvalue weighted by atomic mass is 10.5. The van der Waals surface area contributed by atoms with E-state index < -0.39 is 0 Å². The second-order valence-corrected chi connectivity index (χ2v) is 1.64. The van der Waals surface area contributed by atoms with E-state index in [2.05, 4.69) is 0 Å². The normalized spacial score (nSPS) is 17.4. The molecule has 3 heteroatoms. The molecule has 0 unspecified atom stereocenters. The zero-order valence-electron chi connectivity index (χ0n) is 4.82. The summed E-state index contributed by atoms with van der Waals surface area (Å²) in [5, 5.41) is 11.2. The van der Waals surface area contributed by atoms with Gasteiger partial charge >= 0.3 is 0 Å². The van der Waals surface area contributed by atoms with Crippen LogP contribution in [0.5, 0.6) is 0 Å². The van der Waals surface area contributed by atoms with Crippen molar-refractivity contribution < 1.29 is 0 Å². The SMILES string of the molecule is NC1=CC=CC=CN1[O-]. The van der Waals surface area contributed by atoms with Gasteiger partial charge in [0.2, 0.25) is 0 Å². The second-order valence-electron chi connectivity index (χ2n) is 1.64. The van der Waals surface area contributed by atoms with E-state index in [1.54, 1.807) is 24.3 Å². The van der Waals surface area contributed by atoms with Crippen LogP contribution in [0.3, 0.4) is 0 Å². The molecule has 1 aliphatic heterocycles. The Kier molecular flexibility index (Phi) is 1.55. The highest BCUT2D eigenvalue weighted by Gasteiger charge is 1.86. The van der Waals surface area contributed by atoms with Crippen LogP contribution < -0.4 is 5.73 Å². The van der Waals surface area contributed by atoms with E-state index >= 15 is 0 Å². The molecule has 0 radical (unpaired) electrons. The summed E-state index contributed by atoms with van der Waals surface area (Å²) in [6, 6.07) is 0. The predicted octanol–water partition coefficient (Wildman–Crippen LogP) is 0.670. The highest BCUT2D eigenvalue weighted by molar-refractivity contribution is 5.20. The summed E-state index contributed by atoms with van der Waals surface area (Å²) in [6.45, 7) is 0. The molecule has 0 spiro atoms. The Morgan fingerprint density at radius 3 is 2.89 bits per heavy atom. The molecule has 0 bridgehead atoms. The fourth-order valence-electron chi connectivity index (χ4n) is 0.506. The maximum atomic E-state index is 10.6. The van der Waals surface area contributed by atoms with Crippen molar-refractivity contribution in [3.8, 4) is 0 Å². The summed E-state index contributed by atoms with van der Waals surface area (Å²) in [5.41, 5.74) is 5.25. The standard InChI is InChI=1S/C6H7N2O/c7-6-4-2-1-3-5-8(6)9/h1-5H,7H2/q-1. The molecule has 1 heterocycles. The molecule has 0 aromatic carbocycles. The summed E-state index contributed by atoms with van der Waals surface area (Å²) in [7, 11) is 0. The monoisotopic (exact) mass is 123 g/mol. The highest BCUT2D eigenvalue weighted by atomic mass is 16.5. The molecule has 0 fully saturated rings. The average Bonchev–Trinajstić information content (AvgIpc) is 1.99. The lowest BCUT2D eigenvalue weighted by molar-refractivity contribution is 0.625. The van der Waals surface area contributed by atoms with Gasteiger partial charge in [-0.2, -0.15) is 0 Å². The van der Waals surface area contributed by atoms with E-state index in [1.165, 1.54) is 6.20 Å². The van der Waals surface area contributed by atoms with Crippen molar-refractivity contribution >= 4 is 0 Å². The van der Waals surface area contributed by atoms with Crippen LogP contribution in [-0.4, -0.2) is 5.06 Å². The van der Waals surface area contributed by atoms with Crippen molar-refractivity contribution in [2.45, 2.75) is 0 Å². The molecule has 0 atom stereocenters. The molecule has 1 rings (SSSR count). The van der Waals surface area contributed by atoms with E-state index in [0.29, 0.717) is 5.06 Å². The van der Waals surface area contributed by atoms with Crippen LogP contribution in [0.25, 0.3) is 0 Å². The minimum atomic E-state index is 0.208. The Labute approximate surface area is 53.3 Å². The zero-order chi connectivity index (χ0) is 6.69. The fourth-order valence-corrected chi connectivity index (χ4v) is 0.506. The number of nitrogens with two attached hydrogens (primary N) is 1. The largest absolute Gasteiger partial charge is 0.753 e. The number of hydrogen-bond donors (Lipinski definition) is 1. The lowest BCUT2D eigenvalue weighted by Crippen LogP contribution is -2.14. The molecule has 9 heavy (non-hydrogen) atoms. The number of allylic oxidation sites excluding steroid dienone is 4. The van der Waals surface area contributed by atoms with Crippen molar-refractivity contribution in [1.29, 1.82) is 0 Å². The van der Waals surface area contributed by atoms with Crippen LogP contribution in [0.15, 0.2) is 36.3 Å². The van der Waals surface area contributed by atoms with E-state index in [9.17, 15) is 5.21 Å². The molecular formula is C6H7N2O-. The Hall–Kier alpha value is -1.22. The summed E-state index contributed by atoms with van der Waals surface area (Å²) in [4.78, 5) is 0. The van der Waals surface area contributed by atoms with Crippen LogP contribution in [-0.2, 0) is 0 Å². The Morgan fingerprint density at radius 1 is 1.33 bits per heavy atom. The smallest absolute Gasteiger partial charge is 0.0918 e. The molecule has 0 amide bonds. The Bertz CT molecular complexity index is 181. The number of nitrogens with zero attached hydrogens (tertiary/aromatic N) is 1. The molecule has 48 valence electrons. The molecule has 0 saturated carbocycles. The third kappa shape index (κ3) is 1.33.